The Kier molecular flexibility index (Phi) is 4.34. The van der Waals surface area contributed by atoms with Gasteiger partial charge in [-0.15, -0.1) is 0 Å². The summed E-state index contributed by atoms with van der Waals surface area (Å²) >= 11 is 0. The summed E-state index contributed by atoms with van der Waals surface area (Å²) in [5, 5.41) is 1.04. The molecule has 0 amide bonds. The first kappa shape index (κ1) is 15.0. The Morgan fingerprint density at radius 3 is 2.67 bits per heavy atom. The molecule has 0 unspecified atom stereocenters. The Morgan fingerprint density at radius 1 is 0.833 bits per heavy atom. The van der Waals surface area contributed by atoms with Gasteiger partial charge in [0.05, 0.1) is 5.39 Å². The summed E-state index contributed by atoms with van der Waals surface area (Å²) in [6.07, 6.45) is 4.54. The van der Waals surface area contributed by atoms with Gasteiger partial charge in [-0.2, -0.15) is 0 Å². The summed E-state index contributed by atoms with van der Waals surface area (Å²) in [5.41, 5.74) is 2.15. The van der Waals surface area contributed by atoms with Crippen molar-refractivity contribution in [3.63, 3.8) is 0 Å². The van der Waals surface area contributed by atoms with Crippen LogP contribution in [0.4, 0.5) is 5.82 Å². The molecule has 5 heteroatoms. The average Bonchev–Trinajstić information content (AvgIpc) is 2.88. The number of pyridine rings is 1. The van der Waals surface area contributed by atoms with Crippen LogP contribution in [0.2, 0.25) is 0 Å². The van der Waals surface area contributed by atoms with Crippen LogP contribution in [0.25, 0.3) is 11.0 Å². The van der Waals surface area contributed by atoms with E-state index in [0.717, 1.165) is 56.0 Å². The van der Waals surface area contributed by atoms with Crippen LogP contribution in [0.1, 0.15) is 12.0 Å². The van der Waals surface area contributed by atoms with Crippen LogP contribution in [0.15, 0.2) is 55.0 Å². The molecule has 0 radical (unpaired) electrons. The molecule has 1 aromatic carbocycles. The Labute approximate surface area is 142 Å². The van der Waals surface area contributed by atoms with E-state index in [1.807, 2.05) is 6.07 Å². The molecule has 1 fully saturated rings. The number of fused-ring (bicyclic) bond motifs is 1. The van der Waals surface area contributed by atoms with E-state index in [1.165, 1.54) is 5.56 Å². The van der Waals surface area contributed by atoms with Gasteiger partial charge < -0.3 is 4.90 Å². The Balaban J connectivity index is 1.50. The van der Waals surface area contributed by atoms with Crippen molar-refractivity contribution in [2.75, 3.05) is 31.1 Å². The summed E-state index contributed by atoms with van der Waals surface area (Å²) in [4.78, 5) is 18.0. The fraction of sp³-hybridized carbons (Fsp3) is 0.316. The van der Waals surface area contributed by atoms with Gasteiger partial charge in [-0.05, 0) is 24.1 Å². The molecule has 4 rings (SSSR count). The lowest BCUT2D eigenvalue weighted by Crippen LogP contribution is -2.31. The number of hydrogen-bond donors (Lipinski definition) is 0. The molecule has 1 aliphatic rings. The van der Waals surface area contributed by atoms with Crippen LogP contribution in [-0.2, 0) is 6.54 Å². The molecule has 0 saturated carbocycles. The number of hydrogen-bond acceptors (Lipinski definition) is 5. The predicted octanol–water partition coefficient (Wildman–Crippen LogP) is 2.74. The molecule has 24 heavy (non-hydrogen) atoms. The van der Waals surface area contributed by atoms with Crippen molar-refractivity contribution < 1.29 is 0 Å². The van der Waals surface area contributed by atoms with Crippen LogP contribution >= 0.6 is 0 Å². The molecule has 3 aromatic rings. The number of benzene rings is 1. The van der Waals surface area contributed by atoms with Crippen LogP contribution in [-0.4, -0.2) is 46.0 Å². The van der Waals surface area contributed by atoms with Crippen molar-refractivity contribution in [1.29, 1.82) is 0 Å². The van der Waals surface area contributed by atoms with E-state index >= 15 is 0 Å². The SMILES string of the molecule is c1ccc(CN2CCCN(c3ncnc4ncccc34)CC2)cc1. The van der Waals surface area contributed by atoms with Crippen molar-refractivity contribution >= 4 is 16.9 Å². The zero-order valence-corrected chi connectivity index (χ0v) is 13.7. The molecule has 3 heterocycles. The lowest BCUT2D eigenvalue weighted by Gasteiger charge is -2.23. The highest BCUT2D eigenvalue weighted by atomic mass is 15.2. The standard InChI is InChI=1S/C19H21N5/c1-2-6-16(7-3-1)14-23-10-5-11-24(13-12-23)19-17-8-4-9-20-18(17)21-15-22-19/h1-4,6-9,15H,5,10-14H2. The van der Waals surface area contributed by atoms with Crippen molar-refractivity contribution in [3.8, 4) is 0 Å². The topological polar surface area (TPSA) is 45.2 Å². The highest BCUT2D eigenvalue weighted by Gasteiger charge is 2.18. The van der Waals surface area contributed by atoms with E-state index in [4.69, 9.17) is 0 Å². The molecule has 0 aliphatic carbocycles. The maximum absolute atomic E-state index is 4.54. The molecule has 1 aliphatic heterocycles. The van der Waals surface area contributed by atoms with Gasteiger partial charge in [-0.25, -0.2) is 15.0 Å². The minimum Gasteiger partial charge on any atom is -0.355 e. The average molecular weight is 319 g/mol. The highest BCUT2D eigenvalue weighted by Crippen LogP contribution is 2.22. The van der Waals surface area contributed by atoms with Crippen molar-refractivity contribution in [2.24, 2.45) is 0 Å². The van der Waals surface area contributed by atoms with Gasteiger partial charge in [-0.1, -0.05) is 30.3 Å². The third-order valence-electron chi connectivity index (χ3n) is 4.52. The van der Waals surface area contributed by atoms with E-state index in [2.05, 4.69) is 61.1 Å². The van der Waals surface area contributed by atoms with Gasteiger partial charge in [0.1, 0.15) is 12.1 Å². The lowest BCUT2D eigenvalue weighted by atomic mass is 10.2. The fourth-order valence-corrected chi connectivity index (χ4v) is 3.32. The van der Waals surface area contributed by atoms with E-state index in [9.17, 15) is 0 Å². The number of anilines is 1. The van der Waals surface area contributed by atoms with E-state index in [1.54, 1.807) is 12.5 Å². The predicted molar refractivity (Wildman–Crippen MR) is 95.9 cm³/mol. The van der Waals surface area contributed by atoms with Crippen molar-refractivity contribution in [2.45, 2.75) is 13.0 Å². The number of rotatable bonds is 3. The van der Waals surface area contributed by atoms with Gasteiger partial charge in [0.25, 0.3) is 0 Å². The second-order valence-corrected chi connectivity index (χ2v) is 6.17. The quantitative estimate of drug-likeness (QED) is 0.743. The van der Waals surface area contributed by atoms with Crippen LogP contribution in [0, 0.1) is 0 Å². The third-order valence-corrected chi connectivity index (χ3v) is 4.52. The molecule has 0 N–H and O–H groups in total. The molecule has 0 bridgehead atoms. The van der Waals surface area contributed by atoms with Crippen LogP contribution in [0.5, 0.6) is 0 Å². The highest BCUT2D eigenvalue weighted by molar-refractivity contribution is 5.86. The monoisotopic (exact) mass is 319 g/mol. The zero-order chi connectivity index (χ0) is 16.2. The van der Waals surface area contributed by atoms with Gasteiger partial charge in [-0.3, -0.25) is 4.90 Å². The van der Waals surface area contributed by atoms with Gasteiger partial charge in [0.2, 0.25) is 0 Å². The summed E-state index contributed by atoms with van der Waals surface area (Å²) in [7, 11) is 0. The first-order valence-corrected chi connectivity index (χ1v) is 8.47. The first-order chi connectivity index (χ1) is 11.9. The first-order valence-electron chi connectivity index (χ1n) is 8.47. The zero-order valence-electron chi connectivity index (χ0n) is 13.7. The second-order valence-electron chi connectivity index (χ2n) is 6.17. The van der Waals surface area contributed by atoms with Gasteiger partial charge >= 0.3 is 0 Å². The Hall–Kier alpha value is -2.53. The molecular formula is C19H21N5. The smallest absolute Gasteiger partial charge is 0.164 e. The molecule has 122 valence electrons. The number of aromatic nitrogens is 3. The molecular weight excluding hydrogens is 298 g/mol. The minimum absolute atomic E-state index is 0.771. The van der Waals surface area contributed by atoms with Gasteiger partial charge in [0.15, 0.2) is 5.65 Å². The van der Waals surface area contributed by atoms with Crippen LogP contribution in [0.3, 0.4) is 0 Å². The van der Waals surface area contributed by atoms with Crippen LogP contribution < -0.4 is 4.90 Å². The number of nitrogens with zero attached hydrogens (tertiary/aromatic N) is 5. The normalized spacial score (nSPS) is 16.2. The Bertz CT molecular complexity index is 800. The summed E-state index contributed by atoms with van der Waals surface area (Å²) in [6.45, 7) is 5.17. The fourth-order valence-electron chi connectivity index (χ4n) is 3.32. The molecule has 5 nitrogen and oxygen atoms in total. The van der Waals surface area contributed by atoms with E-state index < -0.39 is 0 Å². The van der Waals surface area contributed by atoms with Crippen molar-refractivity contribution in [3.05, 3.63) is 60.6 Å². The summed E-state index contributed by atoms with van der Waals surface area (Å²) in [5.74, 6) is 1.01. The maximum atomic E-state index is 4.54. The molecule has 0 spiro atoms. The van der Waals surface area contributed by atoms with E-state index in [0.29, 0.717) is 0 Å². The van der Waals surface area contributed by atoms with Crippen molar-refractivity contribution in [1.82, 2.24) is 19.9 Å². The summed E-state index contributed by atoms with van der Waals surface area (Å²) in [6, 6.07) is 14.7. The molecule has 1 saturated heterocycles. The van der Waals surface area contributed by atoms with E-state index in [-0.39, 0.29) is 0 Å². The maximum Gasteiger partial charge on any atom is 0.164 e. The molecule has 2 aromatic heterocycles. The second kappa shape index (κ2) is 6.93. The minimum atomic E-state index is 0.771. The summed E-state index contributed by atoms with van der Waals surface area (Å²) < 4.78 is 0. The molecule has 0 atom stereocenters. The van der Waals surface area contributed by atoms with Gasteiger partial charge in [0, 0.05) is 38.9 Å². The Morgan fingerprint density at radius 2 is 1.75 bits per heavy atom. The lowest BCUT2D eigenvalue weighted by molar-refractivity contribution is 0.285. The largest absolute Gasteiger partial charge is 0.355 e. The third kappa shape index (κ3) is 3.21.